The van der Waals surface area contributed by atoms with Gasteiger partial charge < -0.3 is 29.3 Å². The van der Waals surface area contributed by atoms with E-state index < -0.39 is 35.1 Å². The van der Waals surface area contributed by atoms with Gasteiger partial charge in [0.25, 0.3) is 0 Å². The highest BCUT2D eigenvalue weighted by Crippen LogP contribution is 2.38. The molecule has 0 radical (unpaired) electrons. The van der Waals surface area contributed by atoms with Gasteiger partial charge in [0.1, 0.15) is 28.3 Å². The van der Waals surface area contributed by atoms with Gasteiger partial charge in [-0.15, -0.1) is 0 Å². The fourth-order valence-electron chi connectivity index (χ4n) is 7.01. The van der Waals surface area contributed by atoms with Crippen LogP contribution in [0.2, 0.25) is 0 Å². The van der Waals surface area contributed by atoms with Crippen LogP contribution < -0.4 is 10.2 Å². The van der Waals surface area contributed by atoms with Gasteiger partial charge in [0.15, 0.2) is 0 Å². The van der Waals surface area contributed by atoms with Gasteiger partial charge in [-0.2, -0.15) is 9.78 Å². The van der Waals surface area contributed by atoms with E-state index in [0.29, 0.717) is 52.4 Å². The number of benzene rings is 2. The number of ether oxygens (including phenoxy) is 3. The Bertz CT molecular complexity index is 2250. The molecular formula is C43H56N8O6. The van der Waals surface area contributed by atoms with Crippen LogP contribution in [-0.4, -0.2) is 99.0 Å². The summed E-state index contributed by atoms with van der Waals surface area (Å²) >= 11 is 0. The summed E-state index contributed by atoms with van der Waals surface area (Å²) in [6, 6.07) is 13.4. The summed E-state index contributed by atoms with van der Waals surface area (Å²) in [7, 11) is 0. The summed E-state index contributed by atoms with van der Waals surface area (Å²) in [5, 5.41) is 9.28. The fourth-order valence-corrected chi connectivity index (χ4v) is 7.01. The number of likely N-dealkylation sites (tertiary alicyclic amines) is 1. The number of nitrogens with one attached hydrogen (secondary N) is 1. The molecule has 2 saturated heterocycles. The van der Waals surface area contributed by atoms with E-state index in [2.05, 4.69) is 28.0 Å². The number of rotatable bonds is 7. The fraction of sp³-hybridized carbons (Fsp3) is 0.488. The van der Waals surface area contributed by atoms with Crippen LogP contribution in [0.5, 0.6) is 0 Å². The molecular weight excluding hydrogens is 725 g/mol. The number of alkyl carbamates (subject to hydrolysis) is 1. The number of aromatic nitrogens is 3. The zero-order chi connectivity index (χ0) is 41.4. The van der Waals surface area contributed by atoms with Crippen molar-refractivity contribution in [3.05, 3.63) is 60.0 Å². The van der Waals surface area contributed by atoms with E-state index in [1.807, 2.05) is 89.8 Å². The van der Waals surface area contributed by atoms with Crippen molar-refractivity contribution in [3.8, 4) is 11.4 Å². The van der Waals surface area contributed by atoms with Crippen LogP contribution in [0.25, 0.3) is 33.2 Å². The standard InChI is InChI=1S/C43H56N8O6/c1-27(45-36(24-44-11)49-25-29(26-49)46-38(52)55-41(2,3)4)28-18-19-34-31(22-28)37(47-51(34)40(54)57-43(8,9)10)35-23-30-32(48-20-13-12-14-21-48)16-15-17-33(30)50(35)39(53)56-42(5,6)7/h15-19,22-24,29H,11-14,20-21,25-26H2,1-10H3,(H,46,52)/b36-24+,45-27+. The van der Waals surface area contributed by atoms with Crippen molar-refractivity contribution in [2.45, 2.75) is 111 Å². The van der Waals surface area contributed by atoms with Crippen LogP contribution in [0.4, 0.5) is 20.1 Å². The number of carbonyl (C=O) groups excluding carboxylic acids is 3. The second-order valence-corrected chi connectivity index (χ2v) is 17.7. The van der Waals surface area contributed by atoms with E-state index in [4.69, 9.17) is 24.3 Å². The Kier molecular flexibility index (Phi) is 11.3. The molecule has 1 N–H and O–H groups in total. The maximum absolute atomic E-state index is 14.2. The summed E-state index contributed by atoms with van der Waals surface area (Å²) < 4.78 is 20.0. The van der Waals surface area contributed by atoms with Gasteiger partial charge >= 0.3 is 18.3 Å². The highest BCUT2D eigenvalue weighted by molar-refractivity contribution is 6.09. The Hall–Kier alpha value is -5.66. The number of carbonyl (C=O) groups is 3. The minimum Gasteiger partial charge on any atom is -0.444 e. The Balaban J connectivity index is 1.46. The van der Waals surface area contributed by atoms with Crippen LogP contribution in [-0.2, 0) is 14.2 Å². The van der Waals surface area contributed by atoms with Crippen molar-refractivity contribution in [3.63, 3.8) is 0 Å². The summed E-state index contributed by atoms with van der Waals surface area (Å²) in [4.78, 5) is 53.6. The molecule has 0 spiro atoms. The molecule has 2 aliphatic heterocycles. The molecule has 0 bridgehead atoms. The first-order valence-electron chi connectivity index (χ1n) is 19.6. The van der Waals surface area contributed by atoms with Crippen molar-refractivity contribution in [2.24, 2.45) is 9.98 Å². The molecule has 0 atom stereocenters. The van der Waals surface area contributed by atoms with Gasteiger partial charge in [0.2, 0.25) is 0 Å². The quantitative estimate of drug-likeness (QED) is 0.144. The summed E-state index contributed by atoms with van der Waals surface area (Å²) in [6.07, 6.45) is 3.26. The van der Waals surface area contributed by atoms with Gasteiger partial charge in [-0.1, -0.05) is 12.1 Å². The average molecular weight is 781 g/mol. The molecule has 2 aromatic heterocycles. The van der Waals surface area contributed by atoms with Crippen LogP contribution in [0.3, 0.4) is 0 Å². The molecule has 304 valence electrons. The zero-order valence-electron chi connectivity index (χ0n) is 34.9. The van der Waals surface area contributed by atoms with Gasteiger partial charge in [0, 0.05) is 48.4 Å². The smallest absolute Gasteiger partial charge is 0.435 e. The van der Waals surface area contributed by atoms with Crippen LogP contribution in [0.15, 0.2) is 64.5 Å². The molecule has 14 heteroatoms. The van der Waals surface area contributed by atoms with Gasteiger partial charge in [0.05, 0.1) is 29.0 Å². The lowest BCUT2D eigenvalue weighted by Crippen LogP contribution is -2.59. The normalized spacial score (nSPS) is 16.1. The minimum absolute atomic E-state index is 0.117. The number of anilines is 1. The Morgan fingerprint density at radius 1 is 0.825 bits per heavy atom. The maximum atomic E-state index is 14.2. The zero-order valence-corrected chi connectivity index (χ0v) is 34.9. The molecule has 1 amide bonds. The van der Waals surface area contributed by atoms with Gasteiger partial charge in [-0.05, 0) is 131 Å². The summed E-state index contributed by atoms with van der Waals surface area (Å²) in [5.74, 6) is 0.574. The van der Waals surface area contributed by atoms with E-state index in [1.54, 1.807) is 31.5 Å². The van der Waals surface area contributed by atoms with Crippen molar-refractivity contribution < 1.29 is 28.6 Å². The third-order valence-corrected chi connectivity index (χ3v) is 9.42. The van der Waals surface area contributed by atoms with Crippen molar-refractivity contribution >= 4 is 58.2 Å². The molecule has 2 fully saturated rings. The van der Waals surface area contributed by atoms with Gasteiger partial charge in [-0.25, -0.2) is 23.9 Å². The molecule has 2 aliphatic rings. The predicted molar refractivity (Wildman–Crippen MR) is 225 cm³/mol. The Morgan fingerprint density at radius 2 is 1.47 bits per heavy atom. The highest BCUT2D eigenvalue weighted by Gasteiger charge is 2.32. The monoisotopic (exact) mass is 780 g/mol. The Morgan fingerprint density at radius 3 is 2.11 bits per heavy atom. The number of amides is 1. The SMILES string of the molecule is C=N/C=C(\N=C(/C)c1ccc2c(c1)c(-c1cc3c(N4CCCCC4)cccc3n1C(=O)OC(C)(C)C)nn2C(=O)OC(C)(C)C)N1CC(NC(=O)OC(C)(C)C)C1. The number of fused-ring (bicyclic) bond motifs is 2. The second-order valence-electron chi connectivity index (χ2n) is 17.7. The molecule has 14 nitrogen and oxygen atoms in total. The van der Waals surface area contributed by atoms with Crippen LogP contribution in [0.1, 0.15) is 94.1 Å². The minimum atomic E-state index is -0.784. The third kappa shape index (κ3) is 9.49. The molecule has 4 aromatic rings. The van der Waals surface area contributed by atoms with Crippen molar-refractivity contribution in [1.82, 2.24) is 24.6 Å². The molecule has 6 rings (SSSR count). The number of nitrogens with zero attached hydrogens (tertiary/aromatic N) is 7. The van der Waals surface area contributed by atoms with Gasteiger partial charge in [-0.3, -0.25) is 4.99 Å². The number of aliphatic imine (C=N–C) groups is 2. The average Bonchev–Trinajstić information content (AvgIpc) is 3.66. The first-order valence-corrected chi connectivity index (χ1v) is 19.6. The highest BCUT2D eigenvalue weighted by atomic mass is 16.6. The molecule has 4 heterocycles. The van der Waals surface area contributed by atoms with E-state index in [0.717, 1.165) is 42.6 Å². The predicted octanol–water partition coefficient (Wildman–Crippen LogP) is 8.73. The van der Waals surface area contributed by atoms with E-state index in [1.165, 1.54) is 11.1 Å². The molecule has 0 aliphatic carbocycles. The van der Waals surface area contributed by atoms with E-state index in [9.17, 15) is 14.4 Å². The topological polar surface area (TPSA) is 145 Å². The van der Waals surface area contributed by atoms with E-state index in [-0.39, 0.29) is 6.04 Å². The molecule has 2 aromatic carbocycles. The number of hydrogen-bond donors (Lipinski definition) is 1. The lowest BCUT2D eigenvalue weighted by molar-refractivity contribution is 0.0431. The first kappa shape index (κ1) is 41.0. The van der Waals surface area contributed by atoms with Crippen LogP contribution >= 0.6 is 0 Å². The molecule has 0 unspecified atom stereocenters. The lowest BCUT2D eigenvalue weighted by Gasteiger charge is -2.41. The Labute approximate surface area is 334 Å². The van der Waals surface area contributed by atoms with Crippen molar-refractivity contribution in [1.29, 1.82) is 0 Å². The van der Waals surface area contributed by atoms with E-state index >= 15 is 0 Å². The second kappa shape index (κ2) is 15.7. The summed E-state index contributed by atoms with van der Waals surface area (Å²) in [5.41, 5.74) is 2.33. The first-order chi connectivity index (χ1) is 26.7. The lowest BCUT2D eigenvalue weighted by atomic mass is 10.1. The summed E-state index contributed by atoms with van der Waals surface area (Å²) in [6.45, 7) is 24.8. The molecule has 57 heavy (non-hydrogen) atoms. The third-order valence-electron chi connectivity index (χ3n) is 9.42. The number of piperidine rings is 1. The maximum Gasteiger partial charge on any atom is 0.435 e. The largest absolute Gasteiger partial charge is 0.444 e. The van der Waals surface area contributed by atoms with Crippen molar-refractivity contribution in [2.75, 3.05) is 31.1 Å². The molecule has 0 saturated carbocycles. The number of hydrogen-bond acceptors (Lipinski definition) is 11. The van der Waals surface area contributed by atoms with Crippen LogP contribution in [0, 0.1) is 0 Å².